The van der Waals surface area contributed by atoms with Gasteiger partial charge in [-0.2, -0.15) is 0 Å². The third-order valence-corrected chi connectivity index (χ3v) is 3.26. The number of halogens is 1. The molecule has 0 aliphatic rings. The molecule has 0 spiro atoms. The Morgan fingerprint density at radius 1 is 0.929 bits per heavy atom. The van der Waals surface area contributed by atoms with Crippen molar-refractivity contribution in [1.82, 2.24) is 15.0 Å². The molecule has 0 saturated carbocycles. The zero-order valence-corrected chi connectivity index (χ0v) is 18.1. The summed E-state index contributed by atoms with van der Waals surface area (Å²) in [4.78, 5) is 16.8. The van der Waals surface area contributed by atoms with Crippen LogP contribution in [0.1, 0.15) is 19.0 Å². The largest absolute Gasteiger partial charge is 0.255 e. The maximum absolute atomic E-state index is 4.22. The summed E-state index contributed by atoms with van der Waals surface area (Å²) in [6, 6.07) is 17.4. The van der Waals surface area contributed by atoms with E-state index in [4.69, 9.17) is 0 Å². The van der Waals surface area contributed by atoms with Crippen molar-refractivity contribution in [3.05, 3.63) is 104 Å². The van der Waals surface area contributed by atoms with E-state index in [1.807, 2.05) is 60.7 Å². The number of hydrogen-bond acceptors (Lipinski definition) is 4. The molecule has 0 fully saturated rings. The van der Waals surface area contributed by atoms with Crippen LogP contribution in [0.15, 0.2) is 103 Å². The molecule has 0 bridgehead atoms. The van der Waals surface area contributed by atoms with Gasteiger partial charge in [0.15, 0.2) is 0 Å². The number of rotatable bonds is 5. The maximum atomic E-state index is 4.22. The normalized spacial score (nSPS) is 10.4. The number of aromatic nitrogens is 3. The Balaban J connectivity index is 0.000000259. The summed E-state index contributed by atoms with van der Waals surface area (Å²) in [5, 5.41) is 0. The van der Waals surface area contributed by atoms with Gasteiger partial charge in [0, 0.05) is 24.8 Å². The molecule has 0 aliphatic carbocycles. The average molecular weight is 486 g/mol. The summed E-state index contributed by atoms with van der Waals surface area (Å²) in [5.74, 6) is 0. The van der Waals surface area contributed by atoms with Crippen molar-refractivity contribution in [3.63, 3.8) is 0 Å². The maximum Gasteiger partial charge on any atom is 0.0886 e. The Labute approximate surface area is 182 Å². The van der Waals surface area contributed by atoms with Crippen LogP contribution in [0.2, 0.25) is 0 Å². The summed E-state index contributed by atoms with van der Waals surface area (Å²) < 4.78 is 0. The minimum absolute atomic E-state index is 0.849. The second kappa shape index (κ2) is 15.6. The number of pyridine rings is 3. The molecule has 3 heterocycles. The van der Waals surface area contributed by atoms with E-state index in [2.05, 4.69) is 67.8 Å². The summed E-state index contributed by atoms with van der Waals surface area (Å²) in [5.41, 5.74) is 3.55. The molecule has 0 radical (unpaired) electrons. The first kappa shape index (κ1) is 23.6. The molecule has 0 unspecified atom stereocenters. The molecular formula is C22H22BrCuN4. The molecule has 28 heavy (non-hydrogen) atoms. The monoisotopic (exact) mass is 484 g/mol. The van der Waals surface area contributed by atoms with E-state index in [-0.39, 0.29) is 0 Å². The van der Waals surface area contributed by atoms with E-state index in [1.165, 1.54) is 6.20 Å². The molecular weight excluding hydrogens is 464 g/mol. The zero-order valence-electron chi connectivity index (χ0n) is 15.5. The second-order valence-electron chi connectivity index (χ2n) is 5.15. The molecule has 4 nitrogen and oxygen atoms in total. The minimum atomic E-state index is 0.849. The van der Waals surface area contributed by atoms with E-state index < -0.39 is 0 Å². The Kier molecular flexibility index (Phi) is 13.2. The van der Waals surface area contributed by atoms with Crippen molar-refractivity contribution in [2.75, 3.05) is 0 Å². The zero-order chi connectivity index (χ0) is 20.5. The second-order valence-corrected chi connectivity index (χ2v) is 5.15. The molecule has 0 atom stereocenters. The van der Waals surface area contributed by atoms with Crippen LogP contribution >= 0.6 is 14.1 Å². The fraction of sp³-hybridized carbons (Fsp3) is 0.0909. The third-order valence-electron chi connectivity index (χ3n) is 3.26. The first-order valence-corrected chi connectivity index (χ1v) is 10.9. The molecule has 6 heteroatoms. The fourth-order valence-electron chi connectivity index (χ4n) is 2.07. The Hall–Kier alpha value is -2.40. The predicted octanol–water partition coefficient (Wildman–Crippen LogP) is 5.97. The van der Waals surface area contributed by atoms with Crippen LogP contribution in [-0.4, -0.2) is 20.7 Å². The van der Waals surface area contributed by atoms with Crippen LogP contribution in [0, 0.1) is 0 Å². The predicted molar refractivity (Wildman–Crippen MR) is 117 cm³/mol. The smallest absolute Gasteiger partial charge is 0.0886 e. The van der Waals surface area contributed by atoms with Gasteiger partial charge in [0.05, 0.1) is 22.8 Å². The molecule has 0 amide bonds. The van der Waals surface area contributed by atoms with Gasteiger partial charge in [-0.25, -0.2) is 0 Å². The fourth-order valence-corrected chi connectivity index (χ4v) is 2.07. The quantitative estimate of drug-likeness (QED) is 0.330. The molecule has 3 rings (SSSR count). The van der Waals surface area contributed by atoms with Crippen molar-refractivity contribution < 1.29 is 14.2 Å². The van der Waals surface area contributed by atoms with Crippen LogP contribution in [0.5, 0.6) is 0 Å². The minimum Gasteiger partial charge on any atom is -0.255 e. The van der Waals surface area contributed by atoms with E-state index in [0.717, 1.165) is 29.2 Å². The Morgan fingerprint density at radius 3 is 1.86 bits per heavy atom. The van der Waals surface area contributed by atoms with Crippen molar-refractivity contribution in [1.29, 1.82) is 0 Å². The third kappa shape index (κ3) is 9.00. The topological polar surface area (TPSA) is 51.0 Å². The van der Waals surface area contributed by atoms with Crippen molar-refractivity contribution in [3.8, 4) is 11.4 Å². The summed E-state index contributed by atoms with van der Waals surface area (Å²) in [6.45, 7) is 5.67. The van der Waals surface area contributed by atoms with Crippen molar-refractivity contribution in [2.45, 2.75) is 13.3 Å². The van der Waals surface area contributed by atoms with Gasteiger partial charge in [0.2, 0.25) is 0 Å². The van der Waals surface area contributed by atoms with Crippen LogP contribution in [0.3, 0.4) is 0 Å². The summed E-state index contributed by atoms with van der Waals surface area (Å²) in [7, 11) is 0. The van der Waals surface area contributed by atoms with Gasteiger partial charge in [-0.3, -0.25) is 19.9 Å². The molecule has 148 valence electrons. The van der Waals surface area contributed by atoms with E-state index in [1.54, 1.807) is 18.6 Å². The van der Waals surface area contributed by atoms with Crippen molar-refractivity contribution in [2.24, 2.45) is 4.99 Å². The van der Waals surface area contributed by atoms with E-state index >= 15 is 0 Å². The molecule has 3 aromatic heterocycles. The first-order valence-electron chi connectivity index (χ1n) is 8.55. The van der Waals surface area contributed by atoms with Gasteiger partial charge in [-0.15, -0.1) is 0 Å². The van der Waals surface area contributed by atoms with Gasteiger partial charge in [0.25, 0.3) is 0 Å². The molecule has 0 saturated heterocycles. The summed E-state index contributed by atoms with van der Waals surface area (Å²) in [6.07, 6.45) is 11.8. The van der Waals surface area contributed by atoms with Crippen LogP contribution < -0.4 is 0 Å². The standard InChI is InChI=1S/C12H14N2.C10H8N2.BrH.Cu/c1-3-5-8-11(13-4-2)12-9-6-7-10-14-12;1-3-7-11-9(5-1)10-6-2-4-8-12-10;;/h4-10H,2-3H2,1H3;1-8H;1H;/q;;;+1/p-1/b8-5-,13-11?;;;. The number of nitrogens with zero attached hydrogens (tertiary/aromatic N) is 4. The number of hydrogen-bond donors (Lipinski definition) is 0. The van der Waals surface area contributed by atoms with Crippen LogP contribution in [0.25, 0.3) is 11.4 Å². The van der Waals surface area contributed by atoms with Gasteiger partial charge in [-0.1, -0.05) is 37.8 Å². The van der Waals surface area contributed by atoms with Gasteiger partial charge in [0.1, 0.15) is 0 Å². The van der Waals surface area contributed by atoms with Crippen molar-refractivity contribution >= 4 is 19.8 Å². The Morgan fingerprint density at radius 2 is 1.46 bits per heavy atom. The van der Waals surface area contributed by atoms with Crippen LogP contribution in [-0.2, 0) is 14.2 Å². The van der Waals surface area contributed by atoms with E-state index in [0.29, 0.717) is 0 Å². The first-order chi connectivity index (χ1) is 13.8. The van der Waals surface area contributed by atoms with E-state index in [9.17, 15) is 0 Å². The van der Waals surface area contributed by atoms with Gasteiger partial charge < -0.3 is 0 Å². The van der Waals surface area contributed by atoms with Gasteiger partial charge in [-0.05, 0) is 48.9 Å². The SMILES string of the molecule is C=CN=C(/C=C\CC)c1ccccn1.[Cu][Br].c1ccc(-c2ccccn2)nc1. The molecule has 0 aromatic carbocycles. The average Bonchev–Trinajstić information content (AvgIpc) is 2.80. The number of aliphatic imine (C=N–C) groups is 1. The number of allylic oxidation sites excluding steroid dienone is 2. The Bertz CT molecular complexity index is 801. The van der Waals surface area contributed by atoms with Gasteiger partial charge >= 0.3 is 28.3 Å². The molecule has 0 aliphatic heterocycles. The summed E-state index contributed by atoms with van der Waals surface area (Å²) >= 11 is 6.50. The molecule has 0 N–H and O–H groups in total. The molecule has 3 aromatic rings. The van der Waals surface area contributed by atoms with Crippen LogP contribution in [0.4, 0.5) is 0 Å².